The number of ketones is 1. The summed E-state index contributed by atoms with van der Waals surface area (Å²) >= 11 is 8.10. The molecule has 2 saturated heterocycles. The summed E-state index contributed by atoms with van der Waals surface area (Å²) in [7, 11) is 1.69. The standard InChI is InChI=1S/C37H45ClFN3O6S/c1-3-47-36(45)25-10-12-27(13-11-25)48-37(41-15-6-7-16-41,42-21-24(22-42)14-17-46-2)34(43)19-26-18-30(38)32(20-31(26)39)40-35(44)29-23-49-33-9-5-4-8-28(29)33/h4-5,8-9,18,20,23-25,27H,3,6-7,10-17,19,21-22H2,1-2H3,(H,40,44). The van der Waals surface area contributed by atoms with Crippen LogP contribution in [0.5, 0.6) is 0 Å². The third-order valence-electron chi connectivity index (χ3n) is 10.1. The molecule has 2 aromatic carbocycles. The van der Waals surface area contributed by atoms with Crippen molar-refractivity contribution in [2.75, 3.05) is 51.8 Å². The van der Waals surface area contributed by atoms with Gasteiger partial charge in [-0.1, -0.05) is 29.8 Å². The Bertz CT molecular complexity index is 1650. The van der Waals surface area contributed by atoms with Crippen LogP contribution in [0.15, 0.2) is 41.8 Å². The van der Waals surface area contributed by atoms with Crippen LogP contribution in [-0.4, -0.2) is 85.9 Å². The Kier molecular flexibility index (Phi) is 11.7. The van der Waals surface area contributed by atoms with Crippen LogP contribution in [0.2, 0.25) is 5.02 Å². The van der Waals surface area contributed by atoms with Crippen LogP contribution in [0, 0.1) is 17.7 Å². The van der Waals surface area contributed by atoms with Crippen molar-refractivity contribution in [3.05, 3.63) is 63.7 Å². The second kappa shape index (κ2) is 16.0. The van der Waals surface area contributed by atoms with Gasteiger partial charge in [0.2, 0.25) is 5.85 Å². The van der Waals surface area contributed by atoms with Gasteiger partial charge < -0.3 is 19.5 Å². The molecule has 1 saturated carbocycles. The molecule has 49 heavy (non-hydrogen) atoms. The molecule has 0 bridgehead atoms. The van der Waals surface area contributed by atoms with Crippen molar-refractivity contribution in [1.82, 2.24) is 9.80 Å². The monoisotopic (exact) mass is 713 g/mol. The van der Waals surface area contributed by atoms with Gasteiger partial charge in [-0.2, -0.15) is 0 Å². The molecule has 264 valence electrons. The third-order valence-corrected chi connectivity index (χ3v) is 11.4. The third kappa shape index (κ3) is 7.72. The molecule has 3 aromatic rings. The number of amides is 1. The number of halogens is 2. The molecule has 1 N–H and O–H groups in total. The average Bonchev–Trinajstić information content (AvgIpc) is 3.77. The first kappa shape index (κ1) is 35.9. The van der Waals surface area contributed by atoms with E-state index < -0.39 is 11.7 Å². The largest absolute Gasteiger partial charge is 0.466 e. The summed E-state index contributed by atoms with van der Waals surface area (Å²) in [5.41, 5.74) is 0.766. The highest BCUT2D eigenvalue weighted by Gasteiger charge is 2.55. The number of carbonyl (C=O) groups excluding carboxylic acids is 3. The number of benzene rings is 2. The number of Topliss-reactive ketones (excluding diaryl/α,β-unsaturated/α-hetero) is 1. The van der Waals surface area contributed by atoms with Crippen LogP contribution in [-0.2, 0) is 30.2 Å². The molecular formula is C37H45ClFN3O6S. The molecule has 12 heteroatoms. The molecule has 0 radical (unpaired) electrons. The fourth-order valence-electron chi connectivity index (χ4n) is 7.43. The van der Waals surface area contributed by atoms with Gasteiger partial charge in [-0.3, -0.25) is 24.2 Å². The normalized spacial score (nSPS) is 21.7. The molecule has 2 aliphatic heterocycles. The minimum Gasteiger partial charge on any atom is -0.466 e. The Morgan fingerprint density at radius 1 is 1.06 bits per heavy atom. The fourth-order valence-corrected chi connectivity index (χ4v) is 8.61. The van der Waals surface area contributed by atoms with E-state index in [-0.39, 0.29) is 52.4 Å². The maximum Gasteiger partial charge on any atom is 0.308 e. The van der Waals surface area contributed by atoms with Crippen LogP contribution < -0.4 is 5.32 Å². The van der Waals surface area contributed by atoms with Gasteiger partial charge in [0.05, 0.1) is 34.9 Å². The lowest BCUT2D eigenvalue weighted by atomic mass is 9.87. The van der Waals surface area contributed by atoms with E-state index in [1.54, 1.807) is 12.5 Å². The Morgan fingerprint density at radius 2 is 1.80 bits per heavy atom. The highest BCUT2D eigenvalue weighted by molar-refractivity contribution is 7.17. The Hall–Kier alpha value is -2.93. The second-order valence-electron chi connectivity index (χ2n) is 13.3. The van der Waals surface area contributed by atoms with Gasteiger partial charge in [0.1, 0.15) is 5.82 Å². The molecular weight excluding hydrogens is 669 g/mol. The number of thiophene rings is 1. The number of rotatable bonds is 14. The summed E-state index contributed by atoms with van der Waals surface area (Å²) in [4.78, 5) is 44.6. The number of nitrogens with zero attached hydrogens (tertiary/aromatic N) is 2. The molecule has 1 unspecified atom stereocenters. The van der Waals surface area contributed by atoms with Gasteiger partial charge in [0.15, 0.2) is 5.78 Å². The minimum absolute atomic E-state index is 0.139. The van der Waals surface area contributed by atoms with Crippen molar-refractivity contribution in [3.63, 3.8) is 0 Å². The maximum absolute atomic E-state index is 15.9. The highest BCUT2D eigenvalue weighted by atomic mass is 35.5. The number of carbonyl (C=O) groups is 3. The number of fused-ring (bicyclic) bond motifs is 1. The van der Waals surface area contributed by atoms with Crippen molar-refractivity contribution in [2.45, 2.75) is 70.2 Å². The second-order valence-corrected chi connectivity index (χ2v) is 14.6. The zero-order chi connectivity index (χ0) is 34.5. The van der Waals surface area contributed by atoms with Gasteiger partial charge in [-0.15, -0.1) is 11.3 Å². The van der Waals surface area contributed by atoms with Crippen molar-refractivity contribution in [2.24, 2.45) is 11.8 Å². The highest BCUT2D eigenvalue weighted by Crippen LogP contribution is 2.40. The zero-order valence-corrected chi connectivity index (χ0v) is 29.8. The average molecular weight is 714 g/mol. The van der Waals surface area contributed by atoms with Crippen LogP contribution in [0.4, 0.5) is 10.1 Å². The van der Waals surface area contributed by atoms with Crippen molar-refractivity contribution >= 4 is 56.4 Å². The quantitative estimate of drug-likeness (QED) is 0.180. The van der Waals surface area contributed by atoms with E-state index in [4.69, 9.17) is 25.8 Å². The number of ether oxygens (including phenoxy) is 3. The number of nitrogens with one attached hydrogen (secondary N) is 1. The van der Waals surface area contributed by atoms with Crippen molar-refractivity contribution < 1.29 is 33.0 Å². The molecule has 1 aromatic heterocycles. The lowest BCUT2D eigenvalue weighted by Gasteiger charge is -2.55. The minimum atomic E-state index is -1.37. The lowest BCUT2D eigenvalue weighted by Crippen LogP contribution is -2.73. The molecule has 1 aliphatic carbocycles. The topological polar surface area (TPSA) is 97.4 Å². The number of likely N-dealkylation sites (tertiary alicyclic amines) is 2. The molecule has 3 fully saturated rings. The van der Waals surface area contributed by atoms with Crippen LogP contribution >= 0.6 is 22.9 Å². The van der Waals surface area contributed by atoms with E-state index in [0.29, 0.717) is 76.6 Å². The Labute approximate surface area is 296 Å². The summed E-state index contributed by atoms with van der Waals surface area (Å²) in [6, 6.07) is 10.2. The van der Waals surface area contributed by atoms with Gasteiger partial charge in [-0.25, -0.2) is 4.39 Å². The summed E-state index contributed by atoms with van der Waals surface area (Å²) in [6.07, 6.45) is 4.77. The summed E-state index contributed by atoms with van der Waals surface area (Å²) < 4.78 is 34.4. The van der Waals surface area contributed by atoms with Gasteiger partial charge in [-0.05, 0) is 81.5 Å². The number of hydrogen-bond donors (Lipinski definition) is 1. The van der Waals surface area contributed by atoms with E-state index in [0.717, 1.165) is 29.3 Å². The summed E-state index contributed by atoms with van der Waals surface area (Å²) in [6.45, 7) is 5.49. The molecule has 1 amide bonds. The predicted octanol–water partition coefficient (Wildman–Crippen LogP) is 6.91. The van der Waals surface area contributed by atoms with Crippen LogP contribution in [0.3, 0.4) is 0 Å². The molecule has 3 aliphatic rings. The SMILES string of the molecule is CCOC(=O)C1CCC(OC(C(=O)Cc2cc(Cl)c(NC(=O)c3csc4ccccc34)cc2F)(N2CCCC2)N2CC(CCOC)C2)CC1. The molecule has 3 heterocycles. The van der Waals surface area contributed by atoms with E-state index in [1.165, 1.54) is 23.5 Å². The summed E-state index contributed by atoms with van der Waals surface area (Å²) in [5, 5.41) is 5.49. The van der Waals surface area contributed by atoms with Crippen LogP contribution in [0.25, 0.3) is 10.1 Å². The van der Waals surface area contributed by atoms with E-state index >= 15 is 4.39 Å². The first-order chi connectivity index (χ1) is 23.7. The Morgan fingerprint density at radius 3 is 2.51 bits per heavy atom. The van der Waals surface area contributed by atoms with Crippen LogP contribution in [0.1, 0.15) is 67.8 Å². The zero-order valence-electron chi connectivity index (χ0n) is 28.2. The Balaban J connectivity index is 1.23. The van der Waals surface area contributed by atoms with Gasteiger partial charge in [0, 0.05) is 61.8 Å². The predicted molar refractivity (Wildman–Crippen MR) is 188 cm³/mol. The smallest absolute Gasteiger partial charge is 0.308 e. The number of methoxy groups -OCH3 is 1. The molecule has 0 spiro atoms. The first-order valence-corrected chi connectivity index (χ1v) is 18.6. The molecule has 6 rings (SSSR count). The first-order valence-electron chi connectivity index (χ1n) is 17.4. The van der Waals surface area contributed by atoms with Crippen molar-refractivity contribution in [1.29, 1.82) is 0 Å². The van der Waals surface area contributed by atoms with Gasteiger partial charge >= 0.3 is 5.97 Å². The number of esters is 1. The van der Waals surface area contributed by atoms with E-state index in [9.17, 15) is 14.4 Å². The molecule has 1 atom stereocenters. The van der Waals surface area contributed by atoms with E-state index in [1.807, 2.05) is 31.2 Å². The lowest BCUT2D eigenvalue weighted by molar-refractivity contribution is -0.276. The van der Waals surface area contributed by atoms with E-state index in [2.05, 4.69) is 15.1 Å². The number of hydrogen-bond acceptors (Lipinski definition) is 9. The maximum atomic E-state index is 15.9. The summed E-state index contributed by atoms with van der Waals surface area (Å²) in [5.74, 6) is -2.63. The number of anilines is 1. The van der Waals surface area contributed by atoms with Gasteiger partial charge in [0.25, 0.3) is 5.91 Å². The van der Waals surface area contributed by atoms with Crippen molar-refractivity contribution in [3.8, 4) is 0 Å². The molecule has 9 nitrogen and oxygen atoms in total. The fraction of sp³-hybridized carbons (Fsp3) is 0.541.